The number of carbonyl (C=O) groups excluding carboxylic acids is 1. The van der Waals surface area contributed by atoms with Crippen LogP contribution >= 0.6 is 0 Å². The molecule has 0 unspecified atom stereocenters. The van der Waals surface area contributed by atoms with E-state index in [-0.39, 0.29) is 5.91 Å². The lowest BCUT2D eigenvalue weighted by atomic mass is 9.97. The summed E-state index contributed by atoms with van der Waals surface area (Å²) in [6.07, 6.45) is 3.90. The molecule has 1 fully saturated rings. The third-order valence-corrected chi connectivity index (χ3v) is 5.75. The number of rotatable bonds is 5. The average molecular weight is 380 g/mol. The van der Waals surface area contributed by atoms with E-state index in [1.807, 2.05) is 24.4 Å². The normalized spacial score (nSPS) is 17.0. The van der Waals surface area contributed by atoms with Gasteiger partial charge in [0, 0.05) is 56.7 Å². The van der Waals surface area contributed by atoms with Crippen molar-refractivity contribution < 1.29 is 4.79 Å². The predicted molar refractivity (Wildman–Crippen MR) is 113 cm³/mol. The van der Waals surface area contributed by atoms with Crippen LogP contribution in [0.4, 0.5) is 11.5 Å². The van der Waals surface area contributed by atoms with Crippen molar-refractivity contribution in [2.75, 3.05) is 49.5 Å². The van der Waals surface area contributed by atoms with Crippen LogP contribution in [0.15, 0.2) is 36.5 Å². The molecule has 0 radical (unpaired) electrons. The Kier molecular flexibility index (Phi) is 5.76. The van der Waals surface area contributed by atoms with Gasteiger partial charge >= 0.3 is 0 Å². The van der Waals surface area contributed by atoms with Crippen molar-refractivity contribution in [3.05, 3.63) is 53.2 Å². The van der Waals surface area contributed by atoms with E-state index in [2.05, 4.69) is 44.5 Å². The van der Waals surface area contributed by atoms with E-state index in [9.17, 15) is 4.79 Å². The number of fused-ring (bicyclic) bond motifs is 1. The van der Waals surface area contributed by atoms with Crippen molar-refractivity contribution >= 4 is 17.4 Å². The Morgan fingerprint density at radius 2 is 2.04 bits per heavy atom. The number of pyridine rings is 1. The molecule has 1 amide bonds. The highest BCUT2D eigenvalue weighted by molar-refractivity contribution is 5.97. The maximum atomic E-state index is 12.7. The minimum Gasteiger partial charge on any atom is -0.385 e. The van der Waals surface area contributed by atoms with Gasteiger partial charge in [-0.1, -0.05) is 19.1 Å². The number of nitrogens with one attached hydrogen (secondary N) is 2. The number of likely N-dealkylation sites (N-methyl/N-ethyl adjacent to an activating group) is 1. The first-order valence-corrected chi connectivity index (χ1v) is 10.3. The van der Waals surface area contributed by atoms with Crippen LogP contribution in [0.5, 0.6) is 0 Å². The molecule has 0 spiro atoms. The number of aromatic nitrogens is 1. The van der Waals surface area contributed by atoms with Crippen LogP contribution in [-0.4, -0.2) is 55.1 Å². The second kappa shape index (κ2) is 8.61. The Morgan fingerprint density at radius 1 is 1.18 bits per heavy atom. The summed E-state index contributed by atoms with van der Waals surface area (Å²) in [6, 6.07) is 10.0. The van der Waals surface area contributed by atoms with Gasteiger partial charge < -0.3 is 20.4 Å². The minimum absolute atomic E-state index is 0.0136. The van der Waals surface area contributed by atoms with Crippen molar-refractivity contribution in [2.45, 2.75) is 26.3 Å². The van der Waals surface area contributed by atoms with Gasteiger partial charge in [0.15, 0.2) is 0 Å². The molecule has 2 aliphatic rings. The standard InChI is InChI=1S/C22H29N5O/c1-2-26-11-13-27(14-12-26)21-9-8-17(15-24-21)16-25-22(28)19-5-3-7-20-18(19)6-4-10-23-20/h3,5,7-9,15,23H,2,4,6,10-14,16H2,1H3,(H,25,28). The zero-order chi connectivity index (χ0) is 19.3. The number of carbonyl (C=O) groups is 1. The number of hydrogen-bond donors (Lipinski definition) is 2. The predicted octanol–water partition coefficient (Wildman–Crippen LogP) is 2.51. The molecule has 1 aromatic carbocycles. The van der Waals surface area contributed by atoms with E-state index in [1.165, 1.54) is 0 Å². The molecule has 0 saturated carbocycles. The summed E-state index contributed by atoms with van der Waals surface area (Å²) < 4.78 is 0. The Labute approximate surface area is 166 Å². The summed E-state index contributed by atoms with van der Waals surface area (Å²) in [5, 5.41) is 6.43. The third kappa shape index (κ3) is 4.12. The maximum Gasteiger partial charge on any atom is 0.251 e. The summed E-state index contributed by atoms with van der Waals surface area (Å²) in [5.41, 5.74) is 4.02. The van der Waals surface area contributed by atoms with Crippen molar-refractivity contribution in [3.8, 4) is 0 Å². The molecule has 1 aromatic heterocycles. The van der Waals surface area contributed by atoms with Gasteiger partial charge in [-0.05, 0) is 48.7 Å². The molecule has 3 heterocycles. The summed E-state index contributed by atoms with van der Waals surface area (Å²) >= 11 is 0. The van der Waals surface area contributed by atoms with Gasteiger partial charge in [-0.15, -0.1) is 0 Å². The molecule has 148 valence electrons. The number of nitrogens with zero attached hydrogens (tertiary/aromatic N) is 3. The maximum absolute atomic E-state index is 12.7. The summed E-state index contributed by atoms with van der Waals surface area (Å²) in [4.78, 5) is 22.1. The van der Waals surface area contributed by atoms with Gasteiger partial charge in [-0.2, -0.15) is 0 Å². The molecule has 0 aliphatic carbocycles. The highest BCUT2D eigenvalue weighted by Crippen LogP contribution is 2.25. The van der Waals surface area contributed by atoms with Gasteiger partial charge in [-0.25, -0.2) is 4.98 Å². The molecule has 2 N–H and O–H groups in total. The SMILES string of the molecule is CCN1CCN(c2ccc(CNC(=O)c3cccc4c3CCCN4)cn2)CC1. The molecule has 4 rings (SSSR count). The topological polar surface area (TPSA) is 60.5 Å². The van der Waals surface area contributed by atoms with E-state index in [0.29, 0.717) is 6.54 Å². The Morgan fingerprint density at radius 3 is 2.79 bits per heavy atom. The fourth-order valence-electron chi connectivity index (χ4n) is 4.00. The van der Waals surface area contributed by atoms with Gasteiger partial charge in [0.25, 0.3) is 5.91 Å². The molecule has 28 heavy (non-hydrogen) atoms. The number of anilines is 2. The van der Waals surface area contributed by atoms with Crippen molar-refractivity contribution in [1.29, 1.82) is 0 Å². The first-order chi connectivity index (χ1) is 13.7. The van der Waals surface area contributed by atoms with Gasteiger partial charge in [0.05, 0.1) is 0 Å². The Hall–Kier alpha value is -2.60. The smallest absolute Gasteiger partial charge is 0.251 e. The van der Waals surface area contributed by atoms with Gasteiger partial charge in [0.1, 0.15) is 5.82 Å². The van der Waals surface area contributed by atoms with E-state index in [1.54, 1.807) is 0 Å². The molecule has 0 atom stereocenters. The second-order valence-electron chi connectivity index (χ2n) is 7.49. The van der Waals surface area contributed by atoms with E-state index in [4.69, 9.17) is 0 Å². The monoisotopic (exact) mass is 379 g/mol. The molecule has 2 aliphatic heterocycles. The van der Waals surface area contributed by atoms with E-state index < -0.39 is 0 Å². The molecule has 1 saturated heterocycles. The van der Waals surface area contributed by atoms with Crippen molar-refractivity contribution in [2.24, 2.45) is 0 Å². The highest BCUT2D eigenvalue weighted by atomic mass is 16.1. The van der Waals surface area contributed by atoms with E-state index in [0.717, 1.165) is 80.3 Å². The third-order valence-electron chi connectivity index (χ3n) is 5.75. The van der Waals surface area contributed by atoms with Crippen LogP contribution < -0.4 is 15.5 Å². The quantitative estimate of drug-likeness (QED) is 0.836. The minimum atomic E-state index is -0.0136. The Balaban J connectivity index is 1.35. The largest absolute Gasteiger partial charge is 0.385 e. The lowest BCUT2D eigenvalue weighted by molar-refractivity contribution is 0.0950. The van der Waals surface area contributed by atoms with Crippen LogP contribution in [0, 0.1) is 0 Å². The second-order valence-corrected chi connectivity index (χ2v) is 7.49. The van der Waals surface area contributed by atoms with Crippen molar-refractivity contribution in [1.82, 2.24) is 15.2 Å². The summed E-state index contributed by atoms with van der Waals surface area (Å²) in [7, 11) is 0. The Bertz CT molecular complexity index is 812. The average Bonchev–Trinajstić information content (AvgIpc) is 2.77. The van der Waals surface area contributed by atoms with Crippen molar-refractivity contribution in [3.63, 3.8) is 0 Å². The highest BCUT2D eigenvalue weighted by Gasteiger charge is 2.18. The molecule has 2 aromatic rings. The number of amides is 1. The fraction of sp³-hybridized carbons (Fsp3) is 0.455. The number of hydrogen-bond acceptors (Lipinski definition) is 5. The lowest BCUT2D eigenvalue weighted by Crippen LogP contribution is -2.46. The molecule has 0 bridgehead atoms. The first-order valence-electron chi connectivity index (χ1n) is 10.3. The molecule has 6 nitrogen and oxygen atoms in total. The first kappa shape index (κ1) is 18.7. The van der Waals surface area contributed by atoms with Crippen LogP contribution in [0.1, 0.15) is 34.8 Å². The number of benzene rings is 1. The van der Waals surface area contributed by atoms with Crippen LogP contribution in [-0.2, 0) is 13.0 Å². The molecule has 6 heteroatoms. The fourth-order valence-corrected chi connectivity index (χ4v) is 4.00. The van der Waals surface area contributed by atoms with Gasteiger partial charge in [0.2, 0.25) is 0 Å². The van der Waals surface area contributed by atoms with Crippen LogP contribution in [0.3, 0.4) is 0 Å². The molecular weight excluding hydrogens is 350 g/mol. The summed E-state index contributed by atoms with van der Waals surface area (Å²) in [6.45, 7) is 9.00. The van der Waals surface area contributed by atoms with Gasteiger partial charge in [-0.3, -0.25) is 4.79 Å². The molecular formula is C22H29N5O. The zero-order valence-corrected chi connectivity index (χ0v) is 16.6. The van der Waals surface area contributed by atoms with Crippen LogP contribution in [0.2, 0.25) is 0 Å². The number of piperazine rings is 1. The lowest BCUT2D eigenvalue weighted by Gasteiger charge is -2.34. The zero-order valence-electron chi connectivity index (χ0n) is 16.6. The summed E-state index contributed by atoms with van der Waals surface area (Å²) in [5.74, 6) is 1.01. The van der Waals surface area contributed by atoms with Crippen LogP contribution in [0.25, 0.3) is 0 Å². The van der Waals surface area contributed by atoms with E-state index >= 15 is 0 Å².